The molecule has 0 rings (SSSR count). The van der Waals surface area contributed by atoms with Gasteiger partial charge in [0.2, 0.25) is 0 Å². The van der Waals surface area contributed by atoms with Gasteiger partial charge in [-0.2, -0.15) is 0 Å². The molecule has 11 heavy (non-hydrogen) atoms. The smallest absolute Gasteiger partial charge is 0.0294 e. The molecule has 5 heteroatoms. The van der Waals surface area contributed by atoms with Crippen molar-refractivity contribution in [3.8, 4) is 0 Å². The second-order valence-electron chi connectivity index (χ2n) is 2.84. The summed E-state index contributed by atoms with van der Waals surface area (Å²) >= 11 is 0. The first-order valence-electron chi connectivity index (χ1n) is 3.56. The fraction of sp³-hybridized carbons (Fsp3) is 1.00. The zero-order valence-electron chi connectivity index (χ0n) is 7.27. The zero-order valence-corrected chi connectivity index (χ0v) is 9.06. The molecule has 0 aliphatic heterocycles. The van der Waals surface area contributed by atoms with E-state index in [2.05, 4.69) is 0 Å². The van der Waals surface area contributed by atoms with Crippen LogP contribution in [0.2, 0.25) is 0 Å². The van der Waals surface area contributed by atoms with Crippen LogP contribution in [0.25, 0.3) is 0 Å². The maximum absolute atomic E-state index is 11.0. The number of rotatable bonds is 4. The second-order valence-corrected chi connectivity index (χ2v) is 6.70. The lowest BCUT2D eigenvalue weighted by atomic mass is 10.6. The molecule has 0 heterocycles. The van der Waals surface area contributed by atoms with E-state index in [1.807, 2.05) is 0 Å². The minimum Gasteiger partial charge on any atom is -0.0294 e. The predicted octanol–water partition coefficient (Wildman–Crippen LogP) is 3.30. The van der Waals surface area contributed by atoms with E-state index < -0.39 is 16.1 Å². The summed E-state index contributed by atoms with van der Waals surface area (Å²) in [6, 6.07) is 0. The van der Waals surface area contributed by atoms with Crippen molar-refractivity contribution in [3.63, 3.8) is 0 Å². The Morgan fingerprint density at radius 2 is 1.18 bits per heavy atom. The highest BCUT2D eigenvalue weighted by Gasteiger charge is 2.39. The first-order chi connectivity index (χ1) is 4.95. The van der Waals surface area contributed by atoms with Crippen LogP contribution in [0.5, 0.6) is 0 Å². The summed E-state index contributed by atoms with van der Waals surface area (Å²) in [6.07, 6.45) is 0. The molecule has 3 nitrogen and oxygen atoms in total. The minimum absolute atomic E-state index is 0.0531. The topological polar surface area (TPSA) is 43.4 Å². The first-order valence-corrected chi connectivity index (χ1v) is 6.05. The number of hydrogen-bond acceptors (Lipinski definition) is 3. The van der Waals surface area contributed by atoms with Crippen LogP contribution in [0, 0.1) is 0 Å². The van der Waals surface area contributed by atoms with Crippen molar-refractivity contribution < 1.29 is 13.4 Å². The van der Waals surface area contributed by atoms with Gasteiger partial charge in [-0.15, -0.1) is 0 Å². The van der Waals surface area contributed by atoms with Crippen molar-refractivity contribution in [1.82, 2.24) is 0 Å². The van der Waals surface area contributed by atoms with E-state index in [1.54, 1.807) is 27.7 Å². The van der Waals surface area contributed by atoms with E-state index in [4.69, 9.17) is 4.31 Å². The summed E-state index contributed by atoms with van der Waals surface area (Å²) in [5.74, 6) is 0. The molecule has 0 saturated carbocycles. The van der Waals surface area contributed by atoms with E-state index in [9.17, 15) is 9.13 Å². The van der Waals surface area contributed by atoms with Gasteiger partial charge in [-0.1, -0.05) is 0 Å². The molecule has 0 aromatic rings. The van der Waals surface area contributed by atoms with Crippen LogP contribution in [0.15, 0.2) is 0 Å². The molecule has 0 aliphatic carbocycles. The molecule has 0 N–H and O–H groups in total. The monoisotopic (exact) mass is 196 g/mol. The Labute approximate surface area is 69.3 Å². The quantitative estimate of drug-likeness (QED) is 0.648. The Kier molecular flexibility index (Phi) is 4.99. The van der Waals surface area contributed by atoms with Gasteiger partial charge >= 0.3 is 16.1 Å². The molecular formula is C6H14O3P2+2. The Bertz CT molecular complexity index is 147. The average molecular weight is 196 g/mol. The van der Waals surface area contributed by atoms with Gasteiger partial charge in [0.1, 0.15) is 4.31 Å². The highest BCUT2D eigenvalue weighted by Crippen LogP contribution is 2.43. The van der Waals surface area contributed by atoms with Crippen molar-refractivity contribution >= 4 is 16.1 Å². The van der Waals surface area contributed by atoms with Crippen molar-refractivity contribution in [2.24, 2.45) is 0 Å². The summed E-state index contributed by atoms with van der Waals surface area (Å²) in [7, 11) is -3.49. The zero-order chi connectivity index (χ0) is 9.02. The minimum atomic E-state index is -1.75. The van der Waals surface area contributed by atoms with Gasteiger partial charge in [-0.05, 0) is 36.8 Å². The summed E-state index contributed by atoms with van der Waals surface area (Å²) in [6.45, 7) is 7.12. The van der Waals surface area contributed by atoms with Crippen molar-refractivity contribution in [2.75, 3.05) is 0 Å². The SMILES string of the molecule is CC(C)[P+](=O)O[P+](=O)C(C)C. The van der Waals surface area contributed by atoms with E-state index >= 15 is 0 Å². The molecule has 0 amide bonds. The maximum Gasteiger partial charge on any atom is 0.564 e. The van der Waals surface area contributed by atoms with Gasteiger partial charge in [-0.25, -0.2) is 0 Å². The molecule has 64 valence electrons. The van der Waals surface area contributed by atoms with Crippen LogP contribution in [0.3, 0.4) is 0 Å². The van der Waals surface area contributed by atoms with Crippen molar-refractivity contribution in [3.05, 3.63) is 0 Å². The fourth-order valence-electron chi connectivity index (χ4n) is 0.268. The molecule has 0 aromatic carbocycles. The summed E-state index contributed by atoms with van der Waals surface area (Å²) in [5, 5.41) is 0. The van der Waals surface area contributed by atoms with Crippen LogP contribution < -0.4 is 0 Å². The van der Waals surface area contributed by atoms with Crippen LogP contribution in [0.4, 0.5) is 0 Å². The molecular weight excluding hydrogens is 182 g/mol. The van der Waals surface area contributed by atoms with Gasteiger partial charge in [0.15, 0.2) is 11.3 Å². The molecule has 0 fully saturated rings. The van der Waals surface area contributed by atoms with Gasteiger partial charge in [-0.3, -0.25) is 0 Å². The van der Waals surface area contributed by atoms with E-state index in [1.165, 1.54) is 0 Å². The van der Waals surface area contributed by atoms with Gasteiger partial charge < -0.3 is 0 Å². The largest absolute Gasteiger partial charge is 0.564 e. The third kappa shape index (κ3) is 4.58. The molecule has 0 aromatic heterocycles. The van der Waals surface area contributed by atoms with E-state index in [0.29, 0.717) is 0 Å². The third-order valence-electron chi connectivity index (χ3n) is 1.00. The molecule has 0 radical (unpaired) electrons. The van der Waals surface area contributed by atoms with Gasteiger partial charge in [0, 0.05) is 0 Å². The standard InChI is InChI=1S/C6H14O3P2/c1-5(2)10(7)9-11(8)6(3)4/h5-6H,1-4H3/q+2. The van der Waals surface area contributed by atoms with E-state index in [0.717, 1.165) is 0 Å². The highest BCUT2D eigenvalue weighted by atomic mass is 31.2. The van der Waals surface area contributed by atoms with Gasteiger partial charge in [0.05, 0.1) is 0 Å². The molecule has 0 bridgehead atoms. The Morgan fingerprint density at radius 3 is 1.36 bits per heavy atom. The van der Waals surface area contributed by atoms with E-state index in [-0.39, 0.29) is 11.3 Å². The second kappa shape index (κ2) is 4.92. The van der Waals surface area contributed by atoms with Crippen LogP contribution in [-0.2, 0) is 13.4 Å². The molecule has 2 unspecified atom stereocenters. The van der Waals surface area contributed by atoms with Crippen LogP contribution in [-0.4, -0.2) is 11.3 Å². The molecule has 0 aliphatic rings. The summed E-state index contributed by atoms with van der Waals surface area (Å²) < 4.78 is 26.8. The lowest BCUT2D eigenvalue weighted by molar-refractivity contribution is 0.477. The average Bonchev–Trinajstić information content (AvgIpc) is 1.87. The summed E-state index contributed by atoms with van der Waals surface area (Å²) in [5.41, 5.74) is -0.106. The Hall–Kier alpha value is 0.160. The molecule has 0 saturated heterocycles. The van der Waals surface area contributed by atoms with Crippen molar-refractivity contribution in [2.45, 2.75) is 39.0 Å². The normalized spacial score (nSPS) is 14.0. The van der Waals surface area contributed by atoms with Crippen LogP contribution >= 0.6 is 16.1 Å². The van der Waals surface area contributed by atoms with Crippen LogP contribution in [0.1, 0.15) is 27.7 Å². The lowest BCUT2D eigenvalue weighted by Gasteiger charge is -1.83. The predicted molar refractivity (Wildman–Crippen MR) is 46.6 cm³/mol. The Morgan fingerprint density at radius 1 is 0.909 bits per heavy atom. The highest BCUT2D eigenvalue weighted by molar-refractivity contribution is 7.53. The third-order valence-corrected chi connectivity index (χ3v) is 3.98. The molecule has 2 atom stereocenters. The first kappa shape index (κ1) is 11.2. The van der Waals surface area contributed by atoms with Crippen molar-refractivity contribution in [1.29, 1.82) is 0 Å². The fourth-order valence-corrected chi connectivity index (χ4v) is 2.41. The van der Waals surface area contributed by atoms with Gasteiger partial charge in [0.25, 0.3) is 0 Å². The number of hydrogen-bond donors (Lipinski definition) is 0. The Balaban J connectivity index is 3.86. The molecule has 0 spiro atoms. The maximum atomic E-state index is 11.0. The summed E-state index contributed by atoms with van der Waals surface area (Å²) in [4.78, 5) is 0. The lowest BCUT2D eigenvalue weighted by Crippen LogP contribution is -1.90.